The van der Waals surface area contributed by atoms with Crippen LogP contribution in [0.3, 0.4) is 0 Å². The SMILES string of the molecule is C=CCCC(=O)NCCn1ncc2c1CCOC2. The van der Waals surface area contributed by atoms with Gasteiger partial charge in [-0.1, -0.05) is 6.08 Å². The van der Waals surface area contributed by atoms with Gasteiger partial charge in [-0.15, -0.1) is 6.58 Å². The Kier molecular flexibility index (Phi) is 4.52. The predicted octanol–water partition coefficient (Wildman–Crippen LogP) is 1.04. The van der Waals surface area contributed by atoms with E-state index in [1.54, 1.807) is 6.08 Å². The summed E-state index contributed by atoms with van der Waals surface area (Å²) in [5.74, 6) is 0.0688. The first-order valence-electron chi connectivity index (χ1n) is 6.30. The van der Waals surface area contributed by atoms with Gasteiger partial charge in [-0.2, -0.15) is 5.10 Å². The van der Waals surface area contributed by atoms with Gasteiger partial charge in [-0.3, -0.25) is 9.48 Å². The largest absolute Gasteiger partial charge is 0.376 e. The lowest BCUT2D eigenvalue weighted by Gasteiger charge is -2.14. The molecule has 2 rings (SSSR count). The van der Waals surface area contributed by atoms with Gasteiger partial charge in [0.1, 0.15) is 0 Å². The molecule has 1 N–H and O–H groups in total. The zero-order valence-corrected chi connectivity index (χ0v) is 10.5. The number of ether oxygens (including phenoxy) is 1. The summed E-state index contributed by atoms with van der Waals surface area (Å²) in [5, 5.41) is 7.21. The third kappa shape index (κ3) is 3.20. The van der Waals surface area contributed by atoms with E-state index in [0.29, 0.717) is 19.6 Å². The highest BCUT2D eigenvalue weighted by atomic mass is 16.5. The summed E-state index contributed by atoms with van der Waals surface area (Å²) in [6, 6.07) is 0. The summed E-state index contributed by atoms with van der Waals surface area (Å²) in [4.78, 5) is 11.4. The Hall–Kier alpha value is -1.62. The smallest absolute Gasteiger partial charge is 0.220 e. The summed E-state index contributed by atoms with van der Waals surface area (Å²) in [5.41, 5.74) is 2.40. The Bertz CT molecular complexity index is 426. The maximum Gasteiger partial charge on any atom is 0.220 e. The Morgan fingerprint density at radius 2 is 2.56 bits per heavy atom. The molecule has 0 saturated heterocycles. The second-order valence-corrected chi connectivity index (χ2v) is 4.32. The lowest BCUT2D eigenvalue weighted by molar-refractivity contribution is -0.121. The fourth-order valence-electron chi connectivity index (χ4n) is 2.03. The zero-order chi connectivity index (χ0) is 12.8. The fourth-order valence-corrected chi connectivity index (χ4v) is 2.03. The zero-order valence-electron chi connectivity index (χ0n) is 10.5. The molecular weight excluding hydrogens is 230 g/mol. The topological polar surface area (TPSA) is 56.2 Å². The molecule has 1 amide bonds. The van der Waals surface area contributed by atoms with Crippen molar-refractivity contribution in [3.63, 3.8) is 0 Å². The van der Waals surface area contributed by atoms with E-state index in [1.807, 2.05) is 10.9 Å². The molecule has 98 valence electrons. The van der Waals surface area contributed by atoms with Crippen LogP contribution in [0.2, 0.25) is 0 Å². The van der Waals surface area contributed by atoms with Crippen LogP contribution < -0.4 is 5.32 Å². The van der Waals surface area contributed by atoms with Crippen molar-refractivity contribution in [3.05, 3.63) is 30.1 Å². The number of nitrogens with one attached hydrogen (secondary N) is 1. The van der Waals surface area contributed by atoms with Crippen molar-refractivity contribution in [2.24, 2.45) is 0 Å². The first-order valence-corrected chi connectivity index (χ1v) is 6.30. The number of carbonyl (C=O) groups excluding carboxylic acids is 1. The number of amides is 1. The van der Waals surface area contributed by atoms with Crippen molar-refractivity contribution in [2.75, 3.05) is 13.2 Å². The molecule has 0 unspecified atom stereocenters. The second kappa shape index (κ2) is 6.35. The average molecular weight is 249 g/mol. The average Bonchev–Trinajstić information content (AvgIpc) is 2.80. The fraction of sp³-hybridized carbons (Fsp3) is 0.538. The summed E-state index contributed by atoms with van der Waals surface area (Å²) in [7, 11) is 0. The third-order valence-corrected chi connectivity index (χ3v) is 3.00. The van der Waals surface area contributed by atoms with Gasteiger partial charge >= 0.3 is 0 Å². The van der Waals surface area contributed by atoms with Crippen molar-refractivity contribution in [2.45, 2.75) is 32.4 Å². The number of rotatable bonds is 6. The second-order valence-electron chi connectivity index (χ2n) is 4.32. The normalized spacial score (nSPS) is 14.0. The van der Waals surface area contributed by atoms with E-state index in [9.17, 15) is 4.79 Å². The molecule has 5 heteroatoms. The molecule has 0 bridgehead atoms. The summed E-state index contributed by atoms with van der Waals surface area (Å²) < 4.78 is 7.33. The molecule has 0 atom stereocenters. The van der Waals surface area contributed by atoms with Crippen molar-refractivity contribution >= 4 is 5.91 Å². The Morgan fingerprint density at radius 3 is 3.39 bits per heavy atom. The summed E-state index contributed by atoms with van der Waals surface area (Å²) >= 11 is 0. The van der Waals surface area contributed by atoms with Crippen molar-refractivity contribution in [3.8, 4) is 0 Å². The standard InChI is InChI=1S/C13H19N3O2/c1-2-3-4-13(17)14-6-7-16-12-5-8-18-10-11(12)9-15-16/h2,9H,1,3-8,10H2,(H,14,17). The van der Waals surface area contributed by atoms with Crippen LogP contribution in [0, 0.1) is 0 Å². The van der Waals surface area contributed by atoms with Gasteiger partial charge in [-0.25, -0.2) is 0 Å². The predicted molar refractivity (Wildman–Crippen MR) is 68.0 cm³/mol. The Balaban J connectivity index is 1.78. The van der Waals surface area contributed by atoms with Crippen molar-refractivity contribution in [1.82, 2.24) is 15.1 Å². The Labute approximate surface area is 107 Å². The molecule has 0 saturated carbocycles. The first kappa shape index (κ1) is 12.8. The molecular formula is C13H19N3O2. The van der Waals surface area contributed by atoms with Crippen LogP contribution in [-0.2, 0) is 29.1 Å². The number of fused-ring (bicyclic) bond motifs is 1. The number of nitrogens with zero attached hydrogens (tertiary/aromatic N) is 2. The molecule has 0 aromatic carbocycles. The highest BCUT2D eigenvalue weighted by molar-refractivity contribution is 5.75. The minimum Gasteiger partial charge on any atom is -0.376 e. The monoisotopic (exact) mass is 249 g/mol. The molecule has 0 radical (unpaired) electrons. The van der Waals surface area contributed by atoms with Gasteiger partial charge in [-0.05, 0) is 6.42 Å². The van der Waals surface area contributed by atoms with Crippen LogP contribution in [0.5, 0.6) is 0 Å². The van der Waals surface area contributed by atoms with E-state index in [-0.39, 0.29) is 5.91 Å². The number of hydrogen-bond donors (Lipinski definition) is 1. The van der Waals surface area contributed by atoms with Crippen molar-refractivity contribution in [1.29, 1.82) is 0 Å². The van der Waals surface area contributed by atoms with Crippen molar-refractivity contribution < 1.29 is 9.53 Å². The molecule has 2 heterocycles. The molecule has 1 aliphatic rings. The molecule has 1 aromatic rings. The van der Waals surface area contributed by atoms with Crippen LogP contribution >= 0.6 is 0 Å². The third-order valence-electron chi connectivity index (χ3n) is 3.00. The number of allylic oxidation sites excluding steroid dienone is 1. The van der Waals surface area contributed by atoms with Crippen LogP contribution in [0.25, 0.3) is 0 Å². The summed E-state index contributed by atoms with van der Waals surface area (Å²) in [6.45, 7) is 6.34. The molecule has 1 aliphatic heterocycles. The van der Waals surface area contributed by atoms with E-state index in [2.05, 4.69) is 17.0 Å². The van der Waals surface area contributed by atoms with Crippen LogP contribution in [-0.4, -0.2) is 28.8 Å². The maximum absolute atomic E-state index is 11.4. The van der Waals surface area contributed by atoms with Crippen LogP contribution in [0.1, 0.15) is 24.1 Å². The van der Waals surface area contributed by atoms with E-state index in [1.165, 1.54) is 11.3 Å². The molecule has 0 fully saturated rings. The highest BCUT2D eigenvalue weighted by Gasteiger charge is 2.14. The number of carbonyl (C=O) groups is 1. The molecule has 0 spiro atoms. The molecule has 5 nitrogen and oxygen atoms in total. The van der Waals surface area contributed by atoms with Crippen LogP contribution in [0.4, 0.5) is 0 Å². The van der Waals surface area contributed by atoms with Gasteiger partial charge in [0.25, 0.3) is 0 Å². The minimum absolute atomic E-state index is 0.0688. The maximum atomic E-state index is 11.4. The summed E-state index contributed by atoms with van der Waals surface area (Å²) in [6.07, 6.45) is 5.74. The number of hydrogen-bond acceptors (Lipinski definition) is 3. The van der Waals surface area contributed by atoms with E-state index >= 15 is 0 Å². The minimum atomic E-state index is 0.0688. The van der Waals surface area contributed by atoms with Gasteiger partial charge in [0.2, 0.25) is 5.91 Å². The van der Waals surface area contributed by atoms with Gasteiger partial charge in [0, 0.05) is 30.6 Å². The first-order chi connectivity index (χ1) is 8.81. The highest BCUT2D eigenvalue weighted by Crippen LogP contribution is 2.15. The van der Waals surface area contributed by atoms with E-state index in [4.69, 9.17) is 4.74 Å². The lowest BCUT2D eigenvalue weighted by atomic mass is 10.2. The number of aromatic nitrogens is 2. The van der Waals surface area contributed by atoms with E-state index in [0.717, 1.165) is 26.0 Å². The van der Waals surface area contributed by atoms with Crippen LogP contribution in [0.15, 0.2) is 18.9 Å². The quantitative estimate of drug-likeness (QED) is 0.766. The van der Waals surface area contributed by atoms with E-state index < -0.39 is 0 Å². The van der Waals surface area contributed by atoms with Gasteiger partial charge in [0.15, 0.2) is 0 Å². The van der Waals surface area contributed by atoms with Gasteiger partial charge < -0.3 is 10.1 Å². The Morgan fingerprint density at radius 1 is 1.67 bits per heavy atom. The molecule has 0 aliphatic carbocycles. The molecule has 1 aromatic heterocycles. The lowest BCUT2D eigenvalue weighted by Crippen LogP contribution is -2.28. The van der Waals surface area contributed by atoms with Gasteiger partial charge in [0.05, 0.1) is 26.0 Å². The molecule has 18 heavy (non-hydrogen) atoms.